The molecule has 0 spiro atoms. The Bertz CT molecular complexity index is 796. The van der Waals surface area contributed by atoms with Gasteiger partial charge in [-0.2, -0.15) is 5.26 Å². The first kappa shape index (κ1) is 20.9. The summed E-state index contributed by atoms with van der Waals surface area (Å²) in [5.41, 5.74) is -0.0504. The van der Waals surface area contributed by atoms with Gasteiger partial charge in [-0.05, 0) is 52.0 Å². The van der Waals surface area contributed by atoms with Crippen LogP contribution in [0.5, 0.6) is 5.75 Å². The Hall–Kier alpha value is -2.79. The fraction of sp³-hybridized carbons (Fsp3) is 0.571. The smallest absolute Gasteiger partial charge is 0.410 e. The average molecular weight is 401 g/mol. The molecular formula is C21H27N3O5. The molecule has 8 heteroatoms. The molecule has 156 valence electrons. The van der Waals surface area contributed by atoms with E-state index < -0.39 is 17.8 Å². The molecule has 0 bridgehead atoms. The van der Waals surface area contributed by atoms with Crippen molar-refractivity contribution in [1.82, 2.24) is 9.80 Å². The van der Waals surface area contributed by atoms with Crippen LogP contribution in [0.4, 0.5) is 4.79 Å². The molecule has 2 fully saturated rings. The van der Waals surface area contributed by atoms with Gasteiger partial charge in [-0.15, -0.1) is 0 Å². The SMILES string of the molecule is C[C@H](Oc1ccc(C#N)cc1)C(=O)N1CCO[C@H]2CN(C(=O)OC(C)(C)C)C[C@H]21. The highest BCUT2D eigenvalue weighted by Gasteiger charge is 2.45. The third-order valence-electron chi connectivity index (χ3n) is 4.88. The number of carbonyl (C=O) groups is 2. The summed E-state index contributed by atoms with van der Waals surface area (Å²) in [5, 5.41) is 8.88. The van der Waals surface area contributed by atoms with E-state index in [4.69, 9.17) is 19.5 Å². The summed E-state index contributed by atoms with van der Waals surface area (Å²) in [6.45, 7) is 8.80. The molecule has 1 aromatic rings. The molecule has 0 unspecified atom stereocenters. The minimum atomic E-state index is -0.697. The van der Waals surface area contributed by atoms with Crippen LogP contribution in [0.3, 0.4) is 0 Å². The molecule has 2 saturated heterocycles. The molecule has 2 aliphatic rings. The van der Waals surface area contributed by atoms with Crippen molar-refractivity contribution in [2.45, 2.75) is 51.5 Å². The van der Waals surface area contributed by atoms with Crippen LogP contribution in [0.25, 0.3) is 0 Å². The predicted octanol–water partition coefficient (Wildman–Crippen LogP) is 2.17. The number of morpholine rings is 1. The van der Waals surface area contributed by atoms with Crippen LogP contribution in [-0.4, -0.2) is 71.9 Å². The van der Waals surface area contributed by atoms with Gasteiger partial charge in [0.2, 0.25) is 0 Å². The van der Waals surface area contributed by atoms with Crippen LogP contribution in [0.1, 0.15) is 33.3 Å². The van der Waals surface area contributed by atoms with Crippen LogP contribution < -0.4 is 4.74 Å². The molecule has 8 nitrogen and oxygen atoms in total. The zero-order chi connectivity index (χ0) is 21.2. The summed E-state index contributed by atoms with van der Waals surface area (Å²) in [6, 6.07) is 8.45. The van der Waals surface area contributed by atoms with Gasteiger partial charge in [-0.3, -0.25) is 4.79 Å². The molecule has 2 aliphatic heterocycles. The first-order valence-electron chi connectivity index (χ1n) is 9.75. The van der Waals surface area contributed by atoms with E-state index in [1.54, 1.807) is 41.0 Å². The number of rotatable bonds is 3. The molecule has 0 N–H and O–H groups in total. The van der Waals surface area contributed by atoms with Gasteiger partial charge in [0.1, 0.15) is 11.4 Å². The summed E-state index contributed by atoms with van der Waals surface area (Å²) >= 11 is 0. The molecule has 2 heterocycles. The molecule has 0 aliphatic carbocycles. The van der Waals surface area contributed by atoms with E-state index in [0.29, 0.717) is 37.6 Å². The Balaban J connectivity index is 1.64. The van der Waals surface area contributed by atoms with Crippen molar-refractivity contribution < 1.29 is 23.8 Å². The maximum Gasteiger partial charge on any atom is 0.410 e. The van der Waals surface area contributed by atoms with Gasteiger partial charge in [-0.1, -0.05) is 0 Å². The standard InChI is InChI=1S/C21H27N3O5/c1-14(28-16-7-5-15(11-22)6-8-16)19(25)24-9-10-27-18-13-23(12-17(18)24)20(26)29-21(2,3)4/h5-8,14,17-18H,9-10,12-13H2,1-4H3/t14-,17+,18-/m0/s1. The van der Waals surface area contributed by atoms with Crippen LogP contribution in [0.15, 0.2) is 24.3 Å². The van der Waals surface area contributed by atoms with Gasteiger partial charge in [0.25, 0.3) is 5.91 Å². The molecule has 3 rings (SSSR count). The van der Waals surface area contributed by atoms with Gasteiger partial charge in [0.15, 0.2) is 6.10 Å². The van der Waals surface area contributed by atoms with E-state index in [-0.39, 0.29) is 18.1 Å². The van der Waals surface area contributed by atoms with Gasteiger partial charge in [-0.25, -0.2) is 4.79 Å². The molecule has 29 heavy (non-hydrogen) atoms. The van der Waals surface area contributed by atoms with Gasteiger partial charge in [0, 0.05) is 13.1 Å². The van der Waals surface area contributed by atoms with Crippen molar-refractivity contribution >= 4 is 12.0 Å². The number of ether oxygens (including phenoxy) is 3. The number of likely N-dealkylation sites (tertiary alicyclic amines) is 1. The highest BCUT2D eigenvalue weighted by Crippen LogP contribution is 2.26. The summed E-state index contributed by atoms with van der Waals surface area (Å²) < 4.78 is 17.0. The summed E-state index contributed by atoms with van der Waals surface area (Å²) in [4.78, 5) is 28.8. The maximum atomic E-state index is 13.0. The van der Waals surface area contributed by atoms with Crippen LogP contribution in [0.2, 0.25) is 0 Å². The number of amides is 2. The van der Waals surface area contributed by atoms with E-state index >= 15 is 0 Å². The number of carbonyl (C=O) groups excluding carboxylic acids is 2. The third-order valence-corrected chi connectivity index (χ3v) is 4.88. The highest BCUT2D eigenvalue weighted by atomic mass is 16.6. The van der Waals surface area contributed by atoms with E-state index in [9.17, 15) is 9.59 Å². The molecule has 3 atom stereocenters. The number of hydrogen-bond donors (Lipinski definition) is 0. The number of fused-ring (bicyclic) bond motifs is 1. The second kappa shape index (κ2) is 8.29. The van der Waals surface area contributed by atoms with E-state index in [2.05, 4.69) is 0 Å². The van der Waals surface area contributed by atoms with Crippen molar-refractivity contribution in [3.63, 3.8) is 0 Å². The van der Waals surface area contributed by atoms with Gasteiger partial charge in [0.05, 0.1) is 36.9 Å². The molecule has 0 saturated carbocycles. The zero-order valence-electron chi connectivity index (χ0n) is 17.3. The lowest BCUT2D eigenvalue weighted by atomic mass is 10.1. The van der Waals surface area contributed by atoms with E-state index in [0.717, 1.165) is 0 Å². The Morgan fingerprint density at radius 2 is 1.93 bits per heavy atom. The summed E-state index contributed by atoms with van der Waals surface area (Å²) in [7, 11) is 0. The molecule has 0 radical (unpaired) electrons. The number of nitrogens with zero attached hydrogens (tertiary/aromatic N) is 3. The minimum absolute atomic E-state index is 0.154. The van der Waals surface area contributed by atoms with Crippen LogP contribution in [-0.2, 0) is 14.3 Å². The Labute approximate surface area is 170 Å². The van der Waals surface area contributed by atoms with Crippen molar-refractivity contribution in [2.75, 3.05) is 26.2 Å². The first-order chi connectivity index (χ1) is 13.7. The van der Waals surface area contributed by atoms with Gasteiger partial charge < -0.3 is 24.0 Å². The number of nitriles is 1. The Kier molecular flexibility index (Phi) is 5.99. The van der Waals surface area contributed by atoms with Crippen LogP contribution >= 0.6 is 0 Å². The molecule has 2 amide bonds. The van der Waals surface area contributed by atoms with Gasteiger partial charge >= 0.3 is 6.09 Å². The van der Waals surface area contributed by atoms with Crippen molar-refractivity contribution in [3.05, 3.63) is 29.8 Å². The Morgan fingerprint density at radius 3 is 2.55 bits per heavy atom. The second-order valence-electron chi connectivity index (χ2n) is 8.29. The third kappa shape index (κ3) is 4.98. The van der Waals surface area contributed by atoms with Crippen LogP contribution in [0, 0.1) is 11.3 Å². The monoisotopic (exact) mass is 401 g/mol. The number of hydrogen-bond acceptors (Lipinski definition) is 6. The van der Waals surface area contributed by atoms with Crippen molar-refractivity contribution in [3.8, 4) is 11.8 Å². The predicted molar refractivity (Wildman–Crippen MR) is 104 cm³/mol. The second-order valence-corrected chi connectivity index (χ2v) is 8.29. The van der Waals surface area contributed by atoms with E-state index in [1.165, 1.54) is 0 Å². The lowest BCUT2D eigenvalue weighted by molar-refractivity contribution is -0.149. The normalized spacial score (nSPS) is 22.4. The minimum Gasteiger partial charge on any atom is -0.481 e. The number of benzene rings is 1. The largest absolute Gasteiger partial charge is 0.481 e. The topological polar surface area (TPSA) is 92.1 Å². The first-order valence-corrected chi connectivity index (χ1v) is 9.75. The molecular weight excluding hydrogens is 374 g/mol. The summed E-state index contributed by atoms with van der Waals surface area (Å²) in [5.74, 6) is 0.371. The zero-order valence-corrected chi connectivity index (χ0v) is 17.3. The Morgan fingerprint density at radius 1 is 1.24 bits per heavy atom. The highest BCUT2D eigenvalue weighted by molar-refractivity contribution is 5.81. The fourth-order valence-corrected chi connectivity index (χ4v) is 3.53. The molecule has 1 aromatic carbocycles. The quantitative estimate of drug-likeness (QED) is 0.771. The lowest BCUT2D eigenvalue weighted by Gasteiger charge is -2.37. The van der Waals surface area contributed by atoms with Crippen molar-refractivity contribution in [2.24, 2.45) is 0 Å². The van der Waals surface area contributed by atoms with E-state index in [1.807, 2.05) is 26.8 Å². The summed E-state index contributed by atoms with van der Waals surface area (Å²) in [6.07, 6.45) is -1.33. The molecule has 0 aromatic heterocycles. The van der Waals surface area contributed by atoms with Crippen molar-refractivity contribution in [1.29, 1.82) is 5.26 Å². The lowest BCUT2D eigenvalue weighted by Crippen LogP contribution is -2.56. The average Bonchev–Trinajstić information content (AvgIpc) is 3.11. The maximum absolute atomic E-state index is 13.0. The fourth-order valence-electron chi connectivity index (χ4n) is 3.53.